The average Bonchev–Trinajstić information content (AvgIpc) is 2.28. The molecule has 17 heavy (non-hydrogen) atoms. The van der Waals surface area contributed by atoms with Crippen LogP contribution in [0.2, 0.25) is 0 Å². The fraction of sp³-hybridized carbons (Fsp3) is 0.385. The van der Waals surface area contributed by atoms with Gasteiger partial charge in [0.1, 0.15) is 0 Å². The van der Waals surface area contributed by atoms with Crippen LogP contribution in [0.15, 0.2) is 30.3 Å². The van der Waals surface area contributed by atoms with Crippen LogP contribution < -0.4 is 5.73 Å². The number of primary amides is 1. The SMILES string of the molecule is CN(CC(N)=O)C(=O)C(C)(C)c1ccccc1. The molecule has 0 bridgehead atoms. The van der Waals surface area contributed by atoms with E-state index in [-0.39, 0.29) is 12.5 Å². The monoisotopic (exact) mass is 234 g/mol. The summed E-state index contributed by atoms with van der Waals surface area (Å²) < 4.78 is 0. The van der Waals surface area contributed by atoms with E-state index in [2.05, 4.69) is 0 Å². The predicted molar refractivity (Wildman–Crippen MR) is 66.3 cm³/mol. The van der Waals surface area contributed by atoms with Crippen LogP contribution in [0.3, 0.4) is 0 Å². The first-order valence-corrected chi connectivity index (χ1v) is 5.45. The Balaban J connectivity index is 2.91. The molecule has 0 aliphatic carbocycles. The van der Waals surface area contributed by atoms with Crippen molar-refractivity contribution in [3.63, 3.8) is 0 Å². The molecule has 4 nitrogen and oxygen atoms in total. The number of nitrogens with zero attached hydrogens (tertiary/aromatic N) is 1. The number of hydrogen-bond acceptors (Lipinski definition) is 2. The molecule has 0 unspecified atom stereocenters. The maximum Gasteiger partial charge on any atom is 0.237 e. The number of carbonyl (C=O) groups excluding carboxylic acids is 2. The van der Waals surface area contributed by atoms with Gasteiger partial charge in [-0.2, -0.15) is 0 Å². The fourth-order valence-electron chi connectivity index (χ4n) is 1.76. The van der Waals surface area contributed by atoms with Crippen LogP contribution in [0.4, 0.5) is 0 Å². The lowest BCUT2D eigenvalue weighted by atomic mass is 9.83. The Morgan fingerprint density at radius 3 is 2.24 bits per heavy atom. The molecular weight excluding hydrogens is 216 g/mol. The summed E-state index contributed by atoms with van der Waals surface area (Å²) in [4.78, 5) is 24.4. The Labute approximate surface area is 101 Å². The van der Waals surface area contributed by atoms with Gasteiger partial charge in [0.15, 0.2) is 0 Å². The molecular formula is C13H18N2O2. The van der Waals surface area contributed by atoms with Crippen molar-refractivity contribution in [3.05, 3.63) is 35.9 Å². The maximum atomic E-state index is 12.2. The summed E-state index contributed by atoms with van der Waals surface area (Å²) in [7, 11) is 1.58. The van der Waals surface area contributed by atoms with Crippen LogP contribution in [-0.4, -0.2) is 30.3 Å². The van der Waals surface area contributed by atoms with Crippen LogP contribution >= 0.6 is 0 Å². The summed E-state index contributed by atoms with van der Waals surface area (Å²) in [5.41, 5.74) is 5.34. The molecule has 2 N–H and O–H groups in total. The van der Waals surface area contributed by atoms with E-state index in [1.807, 2.05) is 44.2 Å². The molecule has 0 radical (unpaired) electrons. The summed E-state index contributed by atoms with van der Waals surface area (Å²) in [6, 6.07) is 9.47. The third-order valence-electron chi connectivity index (χ3n) is 2.77. The van der Waals surface area contributed by atoms with Gasteiger partial charge < -0.3 is 10.6 Å². The van der Waals surface area contributed by atoms with Gasteiger partial charge >= 0.3 is 0 Å². The lowest BCUT2D eigenvalue weighted by Crippen LogP contribution is -2.44. The number of likely N-dealkylation sites (N-methyl/N-ethyl adjacent to an activating group) is 1. The van der Waals surface area contributed by atoms with Gasteiger partial charge in [0.05, 0.1) is 12.0 Å². The van der Waals surface area contributed by atoms with Gasteiger partial charge in [0.2, 0.25) is 11.8 Å². The van der Waals surface area contributed by atoms with Gasteiger partial charge in [-0.3, -0.25) is 9.59 Å². The normalized spacial score (nSPS) is 11.0. The average molecular weight is 234 g/mol. The molecule has 0 aliphatic heterocycles. The summed E-state index contributed by atoms with van der Waals surface area (Å²) in [5, 5.41) is 0. The number of carbonyl (C=O) groups is 2. The van der Waals surface area contributed by atoms with E-state index in [1.165, 1.54) is 4.90 Å². The van der Waals surface area contributed by atoms with Crippen molar-refractivity contribution >= 4 is 11.8 Å². The first-order chi connectivity index (χ1) is 7.85. The summed E-state index contributed by atoms with van der Waals surface area (Å²) in [5.74, 6) is -0.632. The zero-order chi connectivity index (χ0) is 13.1. The lowest BCUT2D eigenvalue weighted by molar-refractivity contribution is -0.137. The molecule has 0 fully saturated rings. The number of amides is 2. The quantitative estimate of drug-likeness (QED) is 0.841. The van der Waals surface area contributed by atoms with E-state index in [9.17, 15) is 9.59 Å². The van der Waals surface area contributed by atoms with E-state index in [0.717, 1.165) is 5.56 Å². The van der Waals surface area contributed by atoms with Crippen LogP contribution in [0, 0.1) is 0 Å². The minimum atomic E-state index is -0.661. The van der Waals surface area contributed by atoms with Crippen LogP contribution in [-0.2, 0) is 15.0 Å². The molecule has 0 spiro atoms. The van der Waals surface area contributed by atoms with Crippen molar-refractivity contribution in [2.75, 3.05) is 13.6 Å². The van der Waals surface area contributed by atoms with Crippen molar-refractivity contribution in [3.8, 4) is 0 Å². The van der Waals surface area contributed by atoms with Crippen LogP contribution in [0.25, 0.3) is 0 Å². The maximum absolute atomic E-state index is 12.2. The van der Waals surface area contributed by atoms with Crippen molar-refractivity contribution in [2.45, 2.75) is 19.3 Å². The molecule has 0 saturated heterocycles. The highest BCUT2D eigenvalue weighted by atomic mass is 16.2. The molecule has 1 aromatic carbocycles. The second kappa shape index (κ2) is 4.99. The molecule has 0 aromatic heterocycles. The van der Waals surface area contributed by atoms with Gasteiger partial charge in [0, 0.05) is 7.05 Å². The van der Waals surface area contributed by atoms with Gasteiger partial charge in [-0.05, 0) is 19.4 Å². The topological polar surface area (TPSA) is 63.4 Å². The molecule has 1 rings (SSSR count). The number of hydrogen-bond donors (Lipinski definition) is 1. The van der Waals surface area contributed by atoms with E-state index in [4.69, 9.17) is 5.73 Å². The highest BCUT2D eigenvalue weighted by Crippen LogP contribution is 2.24. The zero-order valence-electron chi connectivity index (χ0n) is 10.4. The Bertz CT molecular complexity index is 413. The molecule has 0 heterocycles. The van der Waals surface area contributed by atoms with Crippen LogP contribution in [0.1, 0.15) is 19.4 Å². The highest BCUT2D eigenvalue weighted by molar-refractivity contribution is 5.90. The Morgan fingerprint density at radius 1 is 1.24 bits per heavy atom. The van der Waals surface area contributed by atoms with Crippen molar-refractivity contribution in [1.29, 1.82) is 0 Å². The molecule has 0 atom stereocenters. The Kier molecular flexibility index (Phi) is 3.89. The summed E-state index contributed by atoms with van der Waals surface area (Å²) in [6.07, 6.45) is 0. The summed E-state index contributed by atoms with van der Waals surface area (Å²) >= 11 is 0. The third kappa shape index (κ3) is 3.06. The van der Waals surface area contributed by atoms with Gasteiger partial charge in [-0.1, -0.05) is 30.3 Å². The van der Waals surface area contributed by atoms with Gasteiger partial charge in [0.25, 0.3) is 0 Å². The minimum absolute atomic E-state index is 0.0604. The number of nitrogens with two attached hydrogens (primary N) is 1. The first-order valence-electron chi connectivity index (χ1n) is 5.45. The summed E-state index contributed by atoms with van der Waals surface area (Å²) in [6.45, 7) is 3.61. The second-order valence-electron chi connectivity index (χ2n) is 4.62. The van der Waals surface area contributed by atoms with Crippen molar-refractivity contribution in [1.82, 2.24) is 4.90 Å². The molecule has 0 aliphatic rings. The van der Waals surface area contributed by atoms with Gasteiger partial charge in [-0.25, -0.2) is 0 Å². The Morgan fingerprint density at radius 2 is 1.76 bits per heavy atom. The second-order valence-corrected chi connectivity index (χ2v) is 4.62. The minimum Gasteiger partial charge on any atom is -0.368 e. The first kappa shape index (κ1) is 13.2. The zero-order valence-corrected chi connectivity index (χ0v) is 10.4. The van der Waals surface area contributed by atoms with E-state index >= 15 is 0 Å². The molecule has 4 heteroatoms. The van der Waals surface area contributed by atoms with Crippen molar-refractivity contribution in [2.24, 2.45) is 5.73 Å². The third-order valence-corrected chi connectivity index (χ3v) is 2.77. The van der Waals surface area contributed by atoms with Crippen LogP contribution in [0.5, 0.6) is 0 Å². The molecule has 1 aromatic rings. The highest BCUT2D eigenvalue weighted by Gasteiger charge is 2.32. The molecule has 0 saturated carbocycles. The lowest BCUT2D eigenvalue weighted by Gasteiger charge is -2.29. The van der Waals surface area contributed by atoms with E-state index in [1.54, 1.807) is 7.05 Å². The van der Waals surface area contributed by atoms with E-state index < -0.39 is 11.3 Å². The fourth-order valence-corrected chi connectivity index (χ4v) is 1.76. The largest absolute Gasteiger partial charge is 0.368 e. The van der Waals surface area contributed by atoms with Gasteiger partial charge in [-0.15, -0.1) is 0 Å². The van der Waals surface area contributed by atoms with E-state index in [0.29, 0.717) is 0 Å². The molecule has 2 amide bonds. The van der Waals surface area contributed by atoms with Crippen molar-refractivity contribution < 1.29 is 9.59 Å². The smallest absolute Gasteiger partial charge is 0.237 e. The standard InChI is InChI=1S/C13H18N2O2/c1-13(2,10-7-5-4-6-8-10)12(17)15(3)9-11(14)16/h4-8H,9H2,1-3H3,(H2,14,16). The predicted octanol–water partition coefficient (Wildman–Crippen LogP) is 0.908. The Hall–Kier alpha value is -1.84. The number of rotatable bonds is 4. The molecule has 92 valence electrons. The number of benzene rings is 1.